The molecule has 1 amide bonds. The van der Waals surface area contributed by atoms with Gasteiger partial charge in [-0.25, -0.2) is 0 Å². The molecule has 1 saturated heterocycles. The van der Waals surface area contributed by atoms with Crippen molar-refractivity contribution in [2.45, 2.75) is 45.1 Å². The minimum absolute atomic E-state index is 0.0154. The van der Waals surface area contributed by atoms with Crippen LogP contribution in [0.15, 0.2) is 30.3 Å². The molecule has 3 aliphatic rings. The van der Waals surface area contributed by atoms with Gasteiger partial charge < -0.3 is 10.1 Å². The van der Waals surface area contributed by atoms with Crippen LogP contribution in [-0.2, 0) is 16.0 Å². The SMILES string of the molecule is C[C@@]12COC3(C(=O)NCCc4ccccc4)CC1CC[C@]32C. The topological polar surface area (TPSA) is 38.3 Å². The van der Waals surface area contributed by atoms with Crippen LogP contribution in [0.5, 0.6) is 0 Å². The van der Waals surface area contributed by atoms with Crippen molar-refractivity contribution in [1.82, 2.24) is 5.32 Å². The van der Waals surface area contributed by atoms with Crippen LogP contribution in [0.2, 0.25) is 0 Å². The van der Waals surface area contributed by atoms with E-state index in [2.05, 4.69) is 31.3 Å². The number of amides is 1. The van der Waals surface area contributed by atoms with E-state index in [9.17, 15) is 4.79 Å². The average Bonchev–Trinajstić information content (AvgIpc) is 3.00. The lowest BCUT2D eigenvalue weighted by molar-refractivity contribution is -0.155. The van der Waals surface area contributed by atoms with Gasteiger partial charge in [-0.15, -0.1) is 0 Å². The molecule has 0 aromatic heterocycles. The molecule has 1 heterocycles. The van der Waals surface area contributed by atoms with Gasteiger partial charge in [-0.3, -0.25) is 4.79 Å². The maximum atomic E-state index is 12.9. The molecule has 3 fully saturated rings. The Morgan fingerprint density at radius 3 is 2.77 bits per heavy atom. The Morgan fingerprint density at radius 2 is 2.09 bits per heavy atom. The number of ether oxygens (including phenoxy) is 1. The summed E-state index contributed by atoms with van der Waals surface area (Å²) < 4.78 is 6.13. The van der Waals surface area contributed by atoms with Crippen LogP contribution in [-0.4, -0.2) is 24.7 Å². The Labute approximate surface area is 132 Å². The summed E-state index contributed by atoms with van der Waals surface area (Å²) in [6.07, 6.45) is 4.17. The average molecular weight is 299 g/mol. The lowest BCUT2D eigenvalue weighted by Gasteiger charge is -2.40. The molecule has 3 heteroatoms. The zero-order valence-electron chi connectivity index (χ0n) is 13.5. The number of carbonyl (C=O) groups is 1. The Kier molecular flexibility index (Phi) is 2.96. The molecule has 4 atom stereocenters. The second-order valence-corrected chi connectivity index (χ2v) is 7.80. The third kappa shape index (κ3) is 1.58. The smallest absolute Gasteiger partial charge is 0.252 e. The molecule has 1 N–H and O–H groups in total. The molecule has 0 radical (unpaired) electrons. The molecule has 2 aliphatic carbocycles. The Hall–Kier alpha value is -1.35. The minimum Gasteiger partial charge on any atom is -0.364 e. The summed E-state index contributed by atoms with van der Waals surface area (Å²) in [4.78, 5) is 12.9. The summed E-state index contributed by atoms with van der Waals surface area (Å²) in [5.41, 5.74) is 0.906. The first-order valence-electron chi connectivity index (χ1n) is 8.48. The van der Waals surface area contributed by atoms with Crippen molar-refractivity contribution in [2.75, 3.05) is 13.2 Å². The second-order valence-electron chi connectivity index (χ2n) is 7.80. The predicted molar refractivity (Wildman–Crippen MR) is 85.4 cm³/mol. The molecular weight excluding hydrogens is 274 g/mol. The van der Waals surface area contributed by atoms with Crippen LogP contribution in [0.25, 0.3) is 0 Å². The van der Waals surface area contributed by atoms with Crippen molar-refractivity contribution in [3.05, 3.63) is 35.9 Å². The van der Waals surface area contributed by atoms with Crippen LogP contribution < -0.4 is 5.32 Å². The van der Waals surface area contributed by atoms with Crippen LogP contribution in [0.4, 0.5) is 0 Å². The maximum absolute atomic E-state index is 12.9. The summed E-state index contributed by atoms with van der Waals surface area (Å²) >= 11 is 0. The van der Waals surface area contributed by atoms with Crippen LogP contribution in [0, 0.1) is 16.7 Å². The molecule has 3 nitrogen and oxygen atoms in total. The van der Waals surface area contributed by atoms with Crippen molar-refractivity contribution >= 4 is 5.91 Å². The third-order valence-electron chi connectivity index (χ3n) is 7.11. The first kappa shape index (κ1) is 14.3. The van der Waals surface area contributed by atoms with E-state index in [0.717, 1.165) is 25.9 Å². The number of hydrogen-bond donors (Lipinski definition) is 1. The summed E-state index contributed by atoms with van der Waals surface area (Å²) in [5, 5.41) is 3.15. The van der Waals surface area contributed by atoms with E-state index < -0.39 is 5.60 Å². The zero-order chi connectivity index (χ0) is 15.4. The fourth-order valence-corrected chi connectivity index (χ4v) is 5.37. The summed E-state index contributed by atoms with van der Waals surface area (Å²) in [7, 11) is 0. The minimum atomic E-state index is -0.568. The number of hydrogen-bond acceptors (Lipinski definition) is 2. The van der Waals surface area contributed by atoms with Crippen molar-refractivity contribution in [3.63, 3.8) is 0 Å². The molecule has 1 aromatic carbocycles. The molecule has 1 aromatic rings. The largest absolute Gasteiger partial charge is 0.364 e. The van der Waals surface area contributed by atoms with E-state index in [-0.39, 0.29) is 16.7 Å². The van der Waals surface area contributed by atoms with Gasteiger partial charge >= 0.3 is 0 Å². The predicted octanol–water partition coefficient (Wildman–Crippen LogP) is 2.94. The quantitative estimate of drug-likeness (QED) is 0.928. The van der Waals surface area contributed by atoms with Crippen LogP contribution in [0.1, 0.15) is 38.7 Å². The van der Waals surface area contributed by atoms with Gasteiger partial charge in [-0.1, -0.05) is 44.2 Å². The second kappa shape index (κ2) is 4.58. The van der Waals surface area contributed by atoms with Gasteiger partial charge in [0, 0.05) is 17.4 Å². The van der Waals surface area contributed by atoms with Crippen molar-refractivity contribution in [1.29, 1.82) is 0 Å². The van der Waals surface area contributed by atoms with E-state index in [4.69, 9.17) is 4.74 Å². The van der Waals surface area contributed by atoms with Gasteiger partial charge in [-0.2, -0.15) is 0 Å². The highest BCUT2D eigenvalue weighted by Gasteiger charge is 2.78. The molecule has 22 heavy (non-hydrogen) atoms. The van der Waals surface area contributed by atoms with Gasteiger partial charge in [0.1, 0.15) is 0 Å². The standard InChI is InChI=1S/C19H25NO2/c1-17-13-22-19(12-15(17)8-10-18(17,19)2)16(21)20-11-9-14-6-4-3-5-7-14/h3-7,15H,8-13H2,1-2H3,(H,20,21)/t15?,17-,18+,19?/m1/s1. The normalized spacial score (nSPS) is 41.8. The molecule has 2 saturated carbocycles. The third-order valence-corrected chi connectivity index (χ3v) is 7.11. The van der Waals surface area contributed by atoms with Crippen LogP contribution >= 0.6 is 0 Å². The van der Waals surface area contributed by atoms with Crippen molar-refractivity contribution in [2.24, 2.45) is 16.7 Å². The number of rotatable bonds is 4. The molecule has 4 bridgehead atoms. The number of nitrogens with one attached hydrogen (secondary N) is 1. The highest BCUT2D eigenvalue weighted by atomic mass is 16.5. The van der Waals surface area contributed by atoms with Gasteiger partial charge in [0.15, 0.2) is 5.60 Å². The van der Waals surface area contributed by atoms with Gasteiger partial charge in [0.25, 0.3) is 5.91 Å². The van der Waals surface area contributed by atoms with E-state index in [0.29, 0.717) is 12.5 Å². The van der Waals surface area contributed by atoms with E-state index in [1.165, 1.54) is 12.0 Å². The molecule has 4 rings (SSSR count). The maximum Gasteiger partial charge on any atom is 0.252 e. The number of carbonyl (C=O) groups excluding carboxylic acids is 1. The monoisotopic (exact) mass is 299 g/mol. The molecular formula is C19H25NO2. The molecule has 1 aliphatic heterocycles. The molecule has 0 spiro atoms. The van der Waals surface area contributed by atoms with Gasteiger partial charge in [-0.05, 0) is 37.2 Å². The highest BCUT2D eigenvalue weighted by molar-refractivity contribution is 5.88. The summed E-state index contributed by atoms with van der Waals surface area (Å²) in [6, 6.07) is 10.3. The van der Waals surface area contributed by atoms with Crippen LogP contribution in [0.3, 0.4) is 0 Å². The lowest BCUT2D eigenvalue weighted by atomic mass is 9.66. The fraction of sp³-hybridized carbons (Fsp3) is 0.632. The molecule has 2 unspecified atom stereocenters. The first-order valence-corrected chi connectivity index (χ1v) is 8.48. The zero-order valence-corrected chi connectivity index (χ0v) is 13.5. The van der Waals surface area contributed by atoms with E-state index >= 15 is 0 Å². The Balaban J connectivity index is 1.45. The fourth-order valence-electron chi connectivity index (χ4n) is 5.37. The van der Waals surface area contributed by atoms with Gasteiger partial charge in [0.05, 0.1) is 6.61 Å². The Bertz CT molecular complexity index is 601. The van der Waals surface area contributed by atoms with Gasteiger partial charge in [0.2, 0.25) is 0 Å². The molecule has 118 valence electrons. The summed E-state index contributed by atoms with van der Waals surface area (Å²) in [5.74, 6) is 0.781. The van der Waals surface area contributed by atoms with E-state index in [1.807, 2.05) is 18.2 Å². The lowest BCUT2D eigenvalue weighted by Crippen LogP contribution is -2.55. The summed E-state index contributed by atoms with van der Waals surface area (Å²) in [6.45, 7) is 6.05. The van der Waals surface area contributed by atoms with Crippen molar-refractivity contribution < 1.29 is 9.53 Å². The van der Waals surface area contributed by atoms with E-state index in [1.54, 1.807) is 0 Å². The Morgan fingerprint density at radius 1 is 1.32 bits per heavy atom. The highest BCUT2D eigenvalue weighted by Crippen LogP contribution is 2.74. The first-order chi connectivity index (χ1) is 10.5. The van der Waals surface area contributed by atoms with Crippen molar-refractivity contribution in [3.8, 4) is 0 Å². The number of benzene rings is 1.